The molecule has 1 aliphatic heterocycles. The van der Waals surface area contributed by atoms with Gasteiger partial charge in [0.25, 0.3) is 0 Å². The van der Waals surface area contributed by atoms with Crippen molar-refractivity contribution in [3.8, 4) is 0 Å². The van der Waals surface area contributed by atoms with Gasteiger partial charge in [-0.3, -0.25) is 9.48 Å². The van der Waals surface area contributed by atoms with Gasteiger partial charge >= 0.3 is 0 Å². The first kappa shape index (κ1) is 13.0. The molecule has 2 rings (SSSR count). The maximum absolute atomic E-state index is 12.0. The van der Waals surface area contributed by atoms with Gasteiger partial charge in [0.1, 0.15) is 6.33 Å². The van der Waals surface area contributed by atoms with E-state index in [1.807, 2.05) is 11.9 Å². The van der Waals surface area contributed by atoms with E-state index in [1.165, 1.54) is 12.8 Å². The maximum atomic E-state index is 12.0. The van der Waals surface area contributed by atoms with Crippen LogP contribution in [0.3, 0.4) is 0 Å². The molecule has 1 aromatic rings. The molecule has 0 radical (unpaired) electrons. The number of hydrogen-bond donors (Lipinski definition) is 1. The number of nitrogens with zero attached hydrogens (tertiary/aromatic N) is 4. The van der Waals surface area contributed by atoms with Crippen LogP contribution < -0.4 is 5.32 Å². The second-order valence-corrected chi connectivity index (χ2v) is 4.73. The molecule has 1 fully saturated rings. The summed E-state index contributed by atoms with van der Waals surface area (Å²) in [6.07, 6.45) is 6.42. The lowest BCUT2D eigenvalue weighted by atomic mass is 10.2. The normalized spacial score (nSPS) is 16.6. The van der Waals surface area contributed by atoms with Crippen LogP contribution >= 0.6 is 0 Å². The third kappa shape index (κ3) is 3.80. The Morgan fingerprint density at radius 3 is 2.67 bits per heavy atom. The van der Waals surface area contributed by atoms with E-state index in [0.717, 1.165) is 31.8 Å². The first-order valence-electron chi connectivity index (χ1n) is 6.59. The molecule has 1 aromatic heterocycles. The zero-order valence-electron chi connectivity index (χ0n) is 10.9. The van der Waals surface area contributed by atoms with Gasteiger partial charge in [-0.2, -0.15) is 5.10 Å². The molecule has 0 aliphatic carbocycles. The van der Waals surface area contributed by atoms with E-state index in [2.05, 4.69) is 15.4 Å². The minimum atomic E-state index is 0.188. The van der Waals surface area contributed by atoms with Crippen molar-refractivity contribution < 1.29 is 4.79 Å². The molecule has 0 unspecified atom stereocenters. The molecule has 100 valence electrons. The highest BCUT2D eigenvalue weighted by atomic mass is 16.2. The molecular formula is C12H21N5O. The highest BCUT2D eigenvalue weighted by molar-refractivity contribution is 5.78. The summed E-state index contributed by atoms with van der Waals surface area (Å²) in [5, 5.41) is 7.26. The van der Waals surface area contributed by atoms with Crippen LogP contribution in [0.2, 0.25) is 0 Å². The van der Waals surface area contributed by atoms with E-state index < -0.39 is 0 Å². The predicted octanol–water partition coefficient (Wildman–Crippen LogP) is 0.307. The highest BCUT2D eigenvalue weighted by Gasteiger charge is 2.14. The molecule has 1 saturated heterocycles. The standard InChI is InChI=1S/C12H21N5O/c1-16-10-14-11(15-16)8-13-9-12(18)17-6-4-2-3-5-7-17/h10,13H,2-9H2,1H3. The van der Waals surface area contributed by atoms with Crippen LogP contribution in [0.25, 0.3) is 0 Å². The fourth-order valence-electron chi connectivity index (χ4n) is 2.18. The van der Waals surface area contributed by atoms with Crippen LogP contribution in [0.1, 0.15) is 31.5 Å². The third-order valence-corrected chi connectivity index (χ3v) is 3.17. The van der Waals surface area contributed by atoms with Crippen LogP contribution in [-0.4, -0.2) is 45.2 Å². The topological polar surface area (TPSA) is 63.1 Å². The van der Waals surface area contributed by atoms with E-state index in [0.29, 0.717) is 13.1 Å². The van der Waals surface area contributed by atoms with E-state index in [1.54, 1.807) is 11.0 Å². The Morgan fingerprint density at radius 1 is 1.33 bits per heavy atom. The number of likely N-dealkylation sites (tertiary alicyclic amines) is 1. The average Bonchev–Trinajstić information content (AvgIpc) is 2.63. The molecule has 1 N–H and O–H groups in total. The van der Waals surface area contributed by atoms with E-state index in [4.69, 9.17) is 0 Å². The fraction of sp³-hybridized carbons (Fsp3) is 0.750. The van der Waals surface area contributed by atoms with Gasteiger partial charge in [-0.15, -0.1) is 0 Å². The summed E-state index contributed by atoms with van der Waals surface area (Å²) in [5.74, 6) is 0.911. The summed E-state index contributed by atoms with van der Waals surface area (Å²) in [6.45, 7) is 2.73. The van der Waals surface area contributed by atoms with Gasteiger partial charge < -0.3 is 10.2 Å². The Hall–Kier alpha value is -1.43. The predicted molar refractivity (Wildman–Crippen MR) is 67.8 cm³/mol. The van der Waals surface area contributed by atoms with Crippen molar-refractivity contribution in [2.24, 2.45) is 7.05 Å². The lowest BCUT2D eigenvalue weighted by molar-refractivity contribution is -0.130. The lowest BCUT2D eigenvalue weighted by Crippen LogP contribution is -2.38. The second kappa shape index (κ2) is 6.49. The fourth-order valence-corrected chi connectivity index (χ4v) is 2.18. The Labute approximate surface area is 107 Å². The number of carbonyl (C=O) groups excluding carboxylic acids is 1. The van der Waals surface area contributed by atoms with Crippen LogP contribution in [0.5, 0.6) is 0 Å². The Morgan fingerprint density at radius 2 is 2.06 bits per heavy atom. The van der Waals surface area contributed by atoms with Crippen molar-refractivity contribution in [3.05, 3.63) is 12.2 Å². The maximum Gasteiger partial charge on any atom is 0.236 e. The van der Waals surface area contributed by atoms with Crippen LogP contribution in [-0.2, 0) is 18.4 Å². The summed E-state index contributed by atoms with van der Waals surface area (Å²) in [5.41, 5.74) is 0. The van der Waals surface area contributed by atoms with Crippen molar-refractivity contribution >= 4 is 5.91 Å². The number of nitrogens with one attached hydrogen (secondary N) is 1. The molecule has 1 amide bonds. The van der Waals surface area contributed by atoms with Gasteiger partial charge in [-0.05, 0) is 12.8 Å². The molecule has 18 heavy (non-hydrogen) atoms. The van der Waals surface area contributed by atoms with Crippen molar-refractivity contribution in [1.82, 2.24) is 25.0 Å². The summed E-state index contributed by atoms with van der Waals surface area (Å²) in [7, 11) is 1.83. The smallest absolute Gasteiger partial charge is 0.236 e. The molecule has 0 atom stereocenters. The van der Waals surface area contributed by atoms with Gasteiger partial charge in [0.2, 0.25) is 5.91 Å². The van der Waals surface area contributed by atoms with Crippen molar-refractivity contribution in [1.29, 1.82) is 0 Å². The molecule has 6 heteroatoms. The number of aryl methyl sites for hydroxylation is 1. The first-order valence-corrected chi connectivity index (χ1v) is 6.59. The molecule has 1 aliphatic rings. The van der Waals surface area contributed by atoms with Gasteiger partial charge in [0.05, 0.1) is 13.1 Å². The zero-order valence-corrected chi connectivity index (χ0v) is 10.9. The highest BCUT2D eigenvalue weighted by Crippen LogP contribution is 2.09. The van der Waals surface area contributed by atoms with Crippen molar-refractivity contribution in [2.75, 3.05) is 19.6 Å². The quantitative estimate of drug-likeness (QED) is 0.836. The van der Waals surface area contributed by atoms with Crippen LogP contribution in [0.4, 0.5) is 0 Å². The number of amides is 1. The SMILES string of the molecule is Cn1cnc(CNCC(=O)N2CCCCCC2)n1. The van der Waals surface area contributed by atoms with E-state index in [-0.39, 0.29) is 5.91 Å². The first-order chi connectivity index (χ1) is 8.75. The van der Waals surface area contributed by atoms with Gasteiger partial charge in [0, 0.05) is 20.1 Å². The molecule has 0 spiro atoms. The molecular weight excluding hydrogens is 230 g/mol. The molecule has 6 nitrogen and oxygen atoms in total. The molecule has 0 aromatic carbocycles. The Balaban J connectivity index is 1.70. The monoisotopic (exact) mass is 251 g/mol. The number of rotatable bonds is 4. The average molecular weight is 251 g/mol. The Kier molecular flexibility index (Phi) is 4.69. The van der Waals surface area contributed by atoms with Gasteiger partial charge in [-0.1, -0.05) is 12.8 Å². The second-order valence-electron chi connectivity index (χ2n) is 4.73. The van der Waals surface area contributed by atoms with E-state index in [9.17, 15) is 4.79 Å². The molecule has 0 bridgehead atoms. The van der Waals surface area contributed by atoms with E-state index >= 15 is 0 Å². The molecule has 2 heterocycles. The van der Waals surface area contributed by atoms with Gasteiger partial charge in [0.15, 0.2) is 5.82 Å². The summed E-state index contributed by atoms with van der Waals surface area (Å²) < 4.78 is 1.66. The summed E-state index contributed by atoms with van der Waals surface area (Å²) >= 11 is 0. The third-order valence-electron chi connectivity index (χ3n) is 3.17. The largest absolute Gasteiger partial charge is 0.342 e. The van der Waals surface area contributed by atoms with Crippen molar-refractivity contribution in [3.63, 3.8) is 0 Å². The molecule has 0 saturated carbocycles. The number of carbonyl (C=O) groups is 1. The van der Waals surface area contributed by atoms with Crippen LogP contribution in [0.15, 0.2) is 6.33 Å². The number of hydrogen-bond acceptors (Lipinski definition) is 4. The van der Waals surface area contributed by atoms with Gasteiger partial charge in [-0.25, -0.2) is 4.98 Å². The minimum Gasteiger partial charge on any atom is -0.342 e. The lowest BCUT2D eigenvalue weighted by Gasteiger charge is -2.20. The number of aromatic nitrogens is 3. The summed E-state index contributed by atoms with van der Waals surface area (Å²) in [4.78, 5) is 18.0. The Bertz CT molecular complexity index is 382. The van der Waals surface area contributed by atoms with Crippen LogP contribution in [0, 0.1) is 0 Å². The summed E-state index contributed by atoms with van der Waals surface area (Å²) in [6, 6.07) is 0. The minimum absolute atomic E-state index is 0.188. The van der Waals surface area contributed by atoms with Crippen molar-refractivity contribution in [2.45, 2.75) is 32.2 Å². The zero-order chi connectivity index (χ0) is 12.8.